The van der Waals surface area contributed by atoms with Crippen molar-refractivity contribution in [3.05, 3.63) is 80.9 Å². The topological polar surface area (TPSA) is 110 Å². The van der Waals surface area contributed by atoms with Crippen molar-refractivity contribution in [2.24, 2.45) is 11.8 Å². The summed E-state index contributed by atoms with van der Waals surface area (Å²) in [5.74, 6) is 3.20. The number of nitrogens with zero attached hydrogens (tertiary/aromatic N) is 2. The lowest BCUT2D eigenvalue weighted by atomic mass is 9.93. The van der Waals surface area contributed by atoms with E-state index < -0.39 is 20.2 Å². The maximum Gasteiger partial charge on any atom is 0.306 e. The Morgan fingerprint density at radius 2 is 1.73 bits per heavy atom. The monoisotopic (exact) mass is 542 g/mol. The quantitative estimate of drug-likeness (QED) is 0.113. The number of carboxylic acid groups (broad SMARTS) is 1. The van der Waals surface area contributed by atoms with Crippen LogP contribution in [0.4, 0.5) is 11.4 Å². The number of hydrogen-bond acceptors (Lipinski definition) is 4. The Hall–Kier alpha value is -3.21. The third-order valence-electron chi connectivity index (χ3n) is 6.54. The van der Waals surface area contributed by atoms with Crippen LogP contribution in [0, 0.1) is 26.0 Å². The summed E-state index contributed by atoms with van der Waals surface area (Å²) < 4.78 is 6.11. The van der Waals surface area contributed by atoms with Crippen molar-refractivity contribution in [1.82, 2.24) is 5.43 Å². The fourth-order valence-corrected chi connectivity index (χ4v) is 4.33. The van der Waals surface area contributed by atoms with Gasteiger partial charge in [0.15, 0.2) is 14.0 Å². The van der Waals surface area contributed by atoms with Gasteiger partial charge in [-0.2, -0.15) is 0 Å². The van der Waals surface area contributed by atoms with Crippen molar-refractivity contribution in [1.29, 1.82) is 0 Å². The molecule has 0 aliphatic rings. The molecule has 0 spiro atoms. The first-order valence-electron chi connectivity index (χ1n) is 11.7. The summed E-state index contributed by atoms with van der Waals surface area (Å²) in [6.45, 7) is 26.9. The zero-order valence-electron chi connectivity index (χ0n) is 22.2. The Balaban J connectivity index is 0.000000474. The number of nitrogens with one attached hydrogen (secondary N) is 1. The van der Waals surface area contributed by atoms with Crippen LogP contribution in [-0.4, -0.2) is 31.9 Å². The minimum atomic E-state index is -1.88. The predicted molar refractivity (Wildman–Crippen MR) is 149 cm³/mol. The van der Waals surface area contributed by atoms with Crippen molar-refractivity contribution < 1.29 is 19.1 Å². The molecule has 0 aliphatic heterocycles. The Kier molecular flexibility index (Phi) is 12.0. The van der Waals surface area contributed by atoms with Crippen LogP contribution >= 0.6 is 11.6 Å². The lowest BCUT2D eigenvalue weighted by molar-refractivity contribution is -0.142. The van der Waals surface area contributed by atoms with Gasteiger partial charge in [0, 0.05) is 12.2 Å². The average molecular weight is 543 g/mol. The molecule has 1 atom stereocenters. The van der Waals surface area contributed by atoms with Gasteiger partial charge in [-0.1, -0.05) is 68.8 Å². The highest BCUT2D eigenvalue weighted by molar-refractivity contribution is 6.74. The zero-order valence-corrected chi connectivity index (χ0v) is 23.9. The van der Waals surface area contributed by atoms with Crippen molar-refractivity contribution in [3.8, 4) is 0 Å². The van der Waals surface area contributed by atoms with E-state index in [1.165, 1.54) is 0 Å². The SMILES string of the molecule is [C-]#[N+]c1ccc(C(=O)NN)cc1.[C-]#[N+]c1ccc(C[C@H](CCO[Si](C)(C)C(C)(C)C)C(=O)O)c(C)c1Cl. The van der Waals surface area contributed by atoms with Gasteiger partial charge in [0.05, 0.1) is 24.1 Å². The average Bonchev–Trinajstić information content (AvgIpc) is 2.85. The molecule has 4 N–H and O–H groups in total. The van der Waals surface area contributed by atoms with E-state index in [0.29, 0.717) is 41.4 Å². The number of nitrogens with two attached hydrogens (primary N) is 1. The number of nitrogen functional groups attached to an aromatic ring is 1. The van der Waals surface area contributed by atoms with E-state index in [1.54, 1.807) is 36.4 Å². The number of hydrogen-bond donors (Lipinski definition) is 3. The largest absolute Gasteiger partial charge is 0.481 e. The molecule has 0 saturated heterocycles. The molecular weight excluding hydrogens is 508 g/mol. The molecule has 10 heteroatoms. The van der Waals surface area contributed by atoms with Crippen molar-refractivity contribution in [3.63, 3.8) is 0 Å². The number of carbonyl (C=O) groups excluding carboxylic acids is 1. The molecule has 2 aromatic rings. The lowest BCUT2D eigenvalue weighted by Crippen LogP contribution is -2.41. The van der Waals surface area contributed by atoms with Crippen molar-refractivity contribution in [2.45, 2.75) is 58.7 Å². The van der Waals surface area contributed by atoms with Crippen LogP contribution in [-0.2, 0) is 15.6 Å². The second-order valence-electron chi connectivity index (χ2n) is 10.1. The van der Waals surface area contributed by atoms with Crippen LogP contribution in [0.25, 0.3) is 9.69 Å². The highest BCUT2D eigenvalue weighted by atomic mass is 35.5. The van der Waals surface area contributed by atoms with Gasteiger partial charge in [-0.3, -0.25) is 15.0 Å². The highest BCUT2D eigenvalue weighted by Gasteiger charge is 2.37. The van der Waals surface area contributed by atoms with E-state index >= 15 is 0 Å². The summed E-state index contributed by atoms with van der Waals surface area (Å²) in [5.41, 5.74) is 5.01. The van der Waals surface area contributed by atoms with Crippen LogP contribution in [0.1, 0.15) is 48.7 Å². The Morgan fingerprint density at radius 1 is 1.14 bits per heavy atom. The molecule has 0 fully saturated rings. The molecule has 0 saturated carbocycles. The summed E-state index contributed by atoms with van der Waals surface area (Å²) in [7, 11) is -1.88. The third kappa shape index (κ3) is 9.31. The molecule has 0 aromatic heterocycles. The molecule has 198 valence electrons. The van der Waals surface area contributed by atoms with Crippen molar-refractivity contribution in [2.75, 3.05) is 6.61 Å². The third-order valence-corrected chi connectivity index (χ3v) is 11.6. The van der Waals surface area contributed by atoms with Crippen LogP contribution < -0.4 is 11.3 Å². The second-order valence-corrected chi connectivity index (χ2v) is 15.3. The van der Waals surface area contributed by atoms with Gasteiger partial charge < -0.3 is 9.53 Å². The van der Waals surface area contributed by atoms with E-state index in [4.69, 9.17) is 35.0 Å². The zero-order chi connectivity index (χ0) is 28.4. The minimum absolute atomic E-state index is 0.103. The molecule has 8 nitrogen and oxygen atoms in total. The van der Waals surface area contributed by atoms with E-state index in [2.05, 4.69) is 43.6 Å². The standard InChI is InChI=1S/C19H28ClNO3Si.C8H7N3O/c1-13-14(8-9-16(21-5)17(13)20)12-15(18(22)23)10-11-24-25(6,7)19(2,3)4;1-10-7-4-2-6(3-5-7)8(12)11-9/h8-9,15H,10-12H2,1-4,6-7H3,(H,22,23);2-5H,9H2,(H,11,12)/t15-;/m0./s1. The van der Waals surface area contributed by atoms with E-state index in [-0.39, 0.29) is 10.9 Å². The Morgan fingerprint density at radius 3 is 2.19 bits per heavy atom. The van der Waals surface area contributed by atoms with Crippen molar-refractivity contribution >= 4 is 43.2 Å². The highest BCUT2D eigenvalue weighted by Crippen LogP contribution is 2.37. The number of hydrazine groups is 1. The Labute approximate surface area is 225 Å². The molecule has 2 rings (SSSR count). The smallest absolute Gasteiger partial charge is 0.306 e. The number of carbonyl (C=O) groups is 2. The number of carboxylic acids is 1. The molecule has 0 radical (unpaired) electrons. The molecule has 0 bridgehead atoms. The first-order valence-corrected chi connectivity index (χ1v) is 15.0. The summed E-state index contributed by atoms with van der Waals surface area (Å²) in [4.78, 5) is 29.1. The maximum atomic E-state index is 11.6. The van der Waals surface area contributed by atoms with E-state index in [1.807, 2.05) is 12.3 Å². The van der Waals surface area contributed by atoms with Gasteiger partial charge in [0.1, 0.15) is 0 Å². The fourth-order valence-electron chi connectivity index (χ4n) is 3.04. The molecule has 2 aromatic carbocycles. The van der Waals surface area contributed by atoms with Crippen LogP contribution in [0.15, 0.2) is 36.4 Å². The second kappa shape index (κ2) is 13.9. The lowest BCUT2D eigenvalue weighted by Gasteiger charge is -2.36. The molecular formula is C27H35ClN4O4Si. The number of halogens is 1. The molecule has 0 heterocycles. The molecule has 0 unspecified atom stereocenters. The summed E-state index contributed by atoms with van der Waals surface area (Å²) >= 11 is 6.20. The predicted octanol–water partition coefficient (Wildman–Crippen LogP) is 6.70. The van der Waals surface area contributed by atoms with E-state index in [9.17, 15) is 14.7 Å². The summed E-state index contributed by atoms with van der Waals surface area (Å²) in [6, 6.07) is 9.70. The van der Waals surface area contributed by atoms with Gasteiger partial charge in [0.25, 0.3) is 5.91 Å². The molecule has 1 amide bonds. The number of rotatable bonds is 8. The molecule has 0 aliphatic carbocycles. The number of benzene rings is 2. The number of aliphatic carboxylic acids is 1. The summed E-state index contributed by atoms with van der Waals surface area (Å²) in [5, 5.41) is 10.1. The van der Waals surface area contributed by atoms with Crippen LogP contribution in [0.2, 0.25) is 23.2 Å². The summed E-state index contributed by atoms with van der Waals surface area (Å²) in [6.07, 6.45) is 0.851. The van der Waals surface area contributed by atoms with Crippen LogP contribution in [0.3, 0.4) is 0 Å². The first-order chi connectivity index (χ1) is 17.2. The fraction of sp³-hybridized carbons (Fsp3) is 0.407. The minimum Gasteiger partial charge on any atom is -0.481 e. The first kappa shape index (κ1) is 31.8. The van der Waals surface area contributed by atoms with Gasteiger partial charge in [0.2, 0.25) is 5.69 Å². The van der Waals surface area contributed by atoms with Crippen LogP contribution in [0.5, 0.6) is 0 Å². The van der Waals surface area contributed by atoms with Gasteiger partial charge in [-0.25, -0.2) is 15.5 Å². The van der Waals surface area contributed by atoms with E-state index in [0.717, 1.165) is 11.1 Å². The van der Waals surface area contributed by atoms with Gasteiger partial charge >= 0.3 is 5.97 Å². The maximum absolute atomic E-state index is 11.6. The Bertz CT molecular complexity index is 1180. The van der Waals surface area contributed by atoms with Gasteiger partial charge in [-0.15, -0.1) is 0 Å². The number of amides is 1. The normalized spacial score (nSPS) is 11.8. The molecule has 37 heavy (non-hydrogen) atoms. The van der Waals surface area contributed by atoms with Gasteiger partial charge in [-0.05, 0) is 49.0 Å².